The summed E-state index contributed by atoms with van der Waals surface area (Å²) in [5.74, 6) is -0.402. The number of hydrogen-bond donors (Lipinski definition) is 3. The van der Waals surface area contributed by atoms with Crippen molar-refractivity contribution in [3.63, 3.8) is 0 Å². The molecule has 23 heavy (non-hydrogen) atoms. The maximum Gasteiger partial charge on any atom is 0.292 e. The molecule has 0 saturated carbocycles. The third-order valence-corrected chi connectivity index (χ3v) is 4.41. The van der Waals surface area contributed by atoms with Crippen LogP contribution in [0, 0.1) is 0 Å². The number of β-amino-alcohol motifs (C(OH)–C–C–N with tert-alkyl or cyclic N) is 2. The maximum atomic E-state index is 12.3. The first-order chi connectivity index (χ1) is 10.5. The van der Waals surface area contributed by atoms with Gasteiger partial charge in [-0.2, -0.15) is 0 Å². The molecule has 0 aromatic carbocycles. The van der Waals surface area contributed by atoms with E-state index in [1.807, 2.05) is 13.8 Å². The number of sulfonamides is 1. The summed E-state index contributed by atoms with van der Waals surface area (Å²) < 4.78 is 29.4. The molecule has 0 unspecified atom stereocenters. The number of amides is 1. The first-order valence-electron chi connectivity index (χ1n) is 7.13. The molecule has 2 rings (SSSR count). The smallest absolute Gasteiger partial charge is 0.292 e. The number of carbonyl (C=O) groups is 1. The Morgan fingerprint density at radius 2 is 2.26 bits per heavy atom. The average Bonchev–Trinajstić information content (AvgIpc) is 3.02. The second-order valence-electron chi connectivity index (χ2n) is 6.17. The van der Waals surface area contributed by atoms with Crippen molar-refractivity contribution in [3.05, 3.63) is 17.5 Å². The number of aliphatic hydroxyl groups excluding tert-OH is 1. The first-order valence-corrected chi connectivity index (χ1v) is 9.02. The summed E-state index contributed by atoms with van der Waals surface area (Å²) in [5, 5.41) is 24.1. The van der Waals surface area contributed by atoms with Crippen molar-refractivity contribution >= 4 is 15.9 Å². The van der Waals surface area contributed by atoms with Crippen molar-refractivity contribution in [2.45, 2.75) is 31.5 Å². The number of aliphatic hydroxyl groups is 2. The van der Waals surface area contributed by atoms with Gasteiger partial charge in [-0.1, -0.05) is 19.0 Å². The highest BCUT2D eigenvalue weighted by Gasteiger charge is 2.47. The van der Waals surface area contributed by atoms with Gasteiger partial charge in [0.2, 0.25) is 15.8 Å². The Labute approximate surface area is 134 Å². The SMILES string of the molecule is CC(C)c1cc(C(=O)N2C[C@@H](O)[C@](O)(CNS(C)(=O)=O)C2)on1. The predicted octanol–water partition coefficient (Wildman–Crippen LogP) is -1.10. The lowest BCUT2D eigenvalue weighted by atomic mass is 10.0. The number of likely N-dealkylation sites (tertiary alicyclic amines) is 1. The van der Waals surface area contributed by atoms with Crippen molar-refractivity contribution in [2.24, 2.45) is 0 Å². The van der Waals surface area contributed by atoms with E-state index in [0.29, 0.717) is 5.69 Å². The molecule has 9 nitrogen and oxygen atoms in total. The van der Waals surface area contributed by atoms with Crippen LogP contribution in [0.25, 0.3) is 0 Å². The lowest BCUT2D eigenvalue weighted by molar-refractivity contribution is -0.0352. The molecule has 2 heterocycles. The van der Waals surface area contributed by atoms with Crippen LogP contribution < -0.4 is 4.72 Å². The van der Waals surface area contributed by atoms with E-state index < -0.39 is 27.6 Å². The Kier molecular flexibility index (Phi) is 4.81. The molecule has 1 aliphatic heterocycles. The number of hydrogen-bond acceptors (Lipinski definition) is 7. The molecule has 1 fully saturated rings. The van der Waals surface area contributed by atoms with Gasteiger partial charge in [0.05, 0.1) is 25.0 Å². The molecular formula is C13H21N3O6S. The van der Waals surface area contributed by atoms with Gasteiger partial charge in [-0.15, -0.1) is 0 Å². The summed E-state index contributed by atoms with van der Waals surface area (Å²) in [6.07, 6.45) is -0.323. The number of carbonyl (C=O) groups excluding carboxylic acids is 1. The summed E-state index contributed by atoms with van der Waals surface area (Å²) in [7, 11) is -3.52. The van der Waals surface area contributed by atoms with E-state index in [2.05, 4.69) is 9.88 Å². The molecule has 1 aliphatic rings. The lowest BCUT2D eigenvalue weighted by Gasteiger charge is -2.25. The zero-order valence-corrected chi connectivity index (χ0v) is 14.0. The predicted molar refractivity (Wildman–Crippen MR) is 80.3 cm³/mol. The normalized spacial score (nSPS) is 25.3. The molecule has 0 radical (unpaired) electrons. The van der Waals surface area contributed by atoms with Gasteiger partial charge >= 0.3 is 0 Å². The van der Waals surface area contributed by atoms with Gasteiger partial charge in [0, 0.05) is 12.6 Å². The highest BCUT2D eigenvalue weighted by molar-refractivity contribution is 7.88. The molecule has 0 bridgehead atoms. The Hall–Kier alpha value is -1.49. The fourth-order valence-electron chi connectivity index (χ4n) is 2.28. The zero-order chi connectivity index (χ0) is 17.4. The van der Waals surface area contributed by atoms with Crippen molar-refractivity contribution in [2.75, 3.05) is 25.9 Å². The molecule has 1 saturated heterocycles. The summed E-state index contributed by atoms with van der Waals surface area (Å²) in [4.78, 5) is 13.6. The molecule has 10 heteroatoms. The minimum absolute atomic E-state index is 0.0150. The number of aromatic nitrogens is 1. The third kappa shape index (κ3) is 4.08. The Bertz CT molecular complexity index is 686. The monoisotopic (exact) mass is 347 g/mol. The quantitative estimate of drug-likeness (QED) is 0.615. The van der Waals surface area contributed by atoms with E-state index in [-0.39, 0.29) is 31.3 Å². The van der Waals surface area contributed by atoms with Crippen molar-refractivity contribution in [1.82, 2.24) is 14.8 Å². The number of nitrogens with zero attached hydrogens (tertiary/aromatic N) is 2. The number of rotatable bonds is 5. The molecule has 0 spiro atoms. The Morgan fingerprint density at radius 1 is 1.61 bits per heavy atom. The van der Waals surface area contributed by atoms with Crippen LogP contribution >= 0.6 is 0 Å². The molecule has 2 atom stereocenters. The summed E-state index contributed by atoms with van der Waals surface area (Å²) in [5.41, 5.74) is -1.12. The van der Waals surface area contributed by atoms with Crippen LogP contribution in [-0.2, 0) is 10.0 Å². The fourth-order valence-corrected chi connectivity index (χ4v) is 2.79. The van der Waals surface area contributed by atoms with Crippen molar-refractivity contribution < 1.29 is 27.9 Å². The molecule has 1 aromatic rings. The van der Waals surface area contributed by atoms with Crippen LogP contribution in [0.2, 0.25) is 0 Å². The van der Waals surface area contributed by atoms with E-state index in [9.17, 15) is 23.4 Å². The average molecular weight is 347 g/mol. The lowest BCUT2D eigenvalue weighted by Crippen LogP contribution is -2.51. The molecular weight excluding hydrogens is 326 g/mol. The second-order valence-corrected chi connectivity index (χ2v) is 8.00. The van der Waals surface area contributed by atoms with Gasteiger partial charge in [-0.3, -0.25) is 4.79 Å². The van der Waals surface area contributed by atoms with Gasteiger partial charge < -0.3 is 19.6 Å². The molecule has 1 aromatic heterocycles. The van der Waals surface area contributed by atoms with Crippen LogP contribution in [-0.4, -0.2) is 72.2 Å². The summed E-state index contributed by atoms with van der Waals surface area (Å²) >= 11 is 0. The highest BCUT2D eigenvalue weighted by Crippen LogP contribution is 2.24. The van der Waals surface area contributed by atoms with E-state index >= 15 is 0 Å². The molecule has 0 aliphatic carbocycles. The van der Waals surface area contributed by atoms with Gasteiger partial charge in [0.1, 0.15) is 11.7 Å². The standard InChI is InChI=1S/C13H21N3O6S/c1-8(2)9-4-10(22-15-9)12(18)16-5-11(17)13(19,7-16)6-14-23(3,20)21/h4,8,11,14,17,19H,5-7H2,1-3H3/t11-,13+/m1/s1. The summed E-state index contributed by atoms with van der Waals surface area (Å²) in [6, 6.07) is 1.52. The maximum absolute atomic E-state index is 12.3. The van der Waals surface area contributed by atoms with Gasteiger partial charge in [-0.05, 0) is 5.92 Å². The molecule has 130 valence electrons. The topological polar surface area (TPSA) is 133 Å². The van der Waals surface area contributed by atoms with E-state index in [0.717, 1.165) is 6.26 Å². The first kappa shape index (κ1) is 17.9. The van der Waals surface area contributed by atoms with Crippen LogP contribution in [0.5, 0.6) is 0 Å². The van der Waals surface area contributed by atoms with Gasteiger partial charge in [0.15, 0.2) is 0 Å². The van der Waals surface area contributed by atoms with E-state index in [1.54, 1.807) is 0 Å². The van der Waals surface area contributed by atoms with Crippen LogP contribution in [0.3, 0.4) is 0 Å². The Morgan fingerprint density at radius 3 is 2.78 bits per heavy atom. The zero-order valence-electron chi connectivity index (χ0n) is 13.2. The van der Waals surface area contributed by atoms with Crippen LogP contribution in [0.1, 0.15) is 36.0 Å². The van der Waals surface area contributed by atoms with Crippen LogP contribution in [0.15, 0.2) is 10.6 Å². The molecule has 3 N–H and O–H groups in total. The van der Waals surface area contributed by atoms with E-state index in [1.165, 1.54) is 11.0 Å². The minimum atomic E-state index is -3.52. The molecule has 1 amide bonds. The Balaban J connectivity index is 2.08. The fraction of sp³-hybridized carbons (Fsp3) is 0.692. The third-order valence-electron chi connectivity index (χ3n) is 3.74. The summed E-state index contributed by atoms with van der Waals surface area (Å²) in [6.45, 7) is 3.08. The highest BCUT2D eigenvalue weighted by atomic mass is 32.2. The van der Waals surface area contributed by atoms with Gasteiger partial charge in [0.25, 0.3) is 5.91 Å². The van der Waals surface area contributed by atoms with Gasteiger partial charge in [-0.25, -0.2) is 13.1 Å². The van der Waals surface area contributed by atoms with Crippen molar-refractivity contribution in [1.29, 1.82) is 0 Å². The largest absolute Gasteiger partial charge is 0.388 e. The van der Waals surface area contributed by atoms with Crippen molar-refractivity contribution in [3.8, 4) is 0 Å². The van der Waals surface area contributed by atoms with Crippen LogP contribution in [0.4, 0.5) is 0 Å². The number of nitrogens with one attached hydrogen (secondary N) is 1. The minimum Gasteiger partial charge on any atom is -0.388 e. The van der Waals surface area contributed by atoms with E-state index in [4.69, 9.17) is 4.52 Å². The second kappa shape index (κ2) is 6.19.